The molecule has 0 unspecified atom stereocenters. The number of carbonyl (C=O) groups is 2. The van der Waals surface area contributed by atoms with E-state index >= 15 is 0 Å². The lowest BCUT2D eigenvalue weighted by atomic mass is 10.1. The largest absolute Gasteiger partial charge is 0.493 e. The minimum Gasteiger partial charge on any atom is -0.493 e. The highest BCUT2D eigenvalue weighted by atomic mass is 16.5. The van der Waals surface area contributed by atoms with E-state index in [0.29, 0.717) is 30.9 Å². The third kappa shape index (κ3) is 4.45. The first-order chi connectivity index (χ1) is 10.7. The number of amides is 1. The molecule has 0 saturated carbocycles. The van der Waals surface area contributed by atoms with Crippen LogP contribution < -0.4 is 4.74 Å². The first kappa shape index (κ1) is 15.8. The Hall–Kier alpha value is -2.62. The molecule has 2 aromatic carbocycles. The van der Waals surface area contributed by atoms with Gasteiger partial charge in [-0.25, -0.2) is 0 Å². The summed E-state index contributed by atoms with van der Waals surface area (Å²) in [6, 6.07) is 16.8. The van der Waals surface area contributed by atoms with Crippen molar-refractivity contribution in [3.63, 3.8) is 0 Å². The van der Waals surface area contributed by atoms with Gasteiger partial charge in [-0.1, -0.05) is 30.3 Å². The second-order valence-electron chi connectivity index (χ2n) is 4.97. The van der Waals surface area contributed by atoms with E-state index in [1.54, 1.807) is 36.2 Å². The fourth-order valence-corrected chi connectivity index (χ4v) is 2.07. The molecule has 0 aliphatic heterocycles. The molecule has 0 aliphatic carbocycles. The van der Waals surface area contributed by atoms with Crippen molar-refractivity contribution in [2.45, 2.75) is 13.0 Å². The van der Waals surface area contributed by atoms with E-state index in [1.807, 2.05) is 30.3 Å². The lowest BCUT2D eigenvalue weighted by Crippen LogP contribution is -2.26. The zero-order valence-corrected chi connectivity index (χ0v) is 12.6. The van der Waals surface area contributed by atoms with Crippen molar-refractivity contribution in [1.82, 2.24) is 4.90 Å². The maximum absolute atomic E-state index is 12.4. The highest BCUT2D eigenvalue weighted by molar-refractivity contribution is 5.94. The summed E-state index contributed by atoms with van der Waals surface area (Å²) in [6.07, 6.45) is 1.18. The Labute approximate surface area is 130 Å². The topological polar surface area (TPSA) is 46.6 Å². The van der Waals surface area contributed by atoms with E-state index < -0.39 is 0 Å². The number of hydrogen-bond donors (Lipinski definition) is 0. The zero-order chi connectivity index (χ0) is 15.8. The van der Waals surface area contributed by atoms with Gasteiger partial charge in [-0.2, -0.15) is 0 Å². The predicted octanol–water partition coefficient (Wildman–Crippen LogP) is 2.93. The second-order valence-corrected chi connectivity index (χ2v) is 4.97. The molecule has 0 atom stereocenters. The summed E-state index contributed by atoms with van der Waals surface area (Å²) in [5.74, 6) is 0.618. The molecular formula is C18H19NO3. The molecule has 0 aliphatic rings. The van der Waals surface area contributed by atoms with Gasteiger partial charge in [0, 0.05) is 25.6 Å². The quantitative estimate of drug-likeness (QED) is 0.583. The van der Waals surface area contributed by atoms with Crippen LogP contribution in [-0.4, -0.2) is 30.7 Å². The maximum atomic E-state index is 12.4. The molecule has 4 heteroatoms. The molecule has 0 bridgehead atoms. The molecule has 0 heterocycles. The summed E-state index contributed by atoms with van der Waals surface area (Å²) in [6.45, 7) is 0.919. The molecule has 2 rings (SSSR count). The van der Waals surface area contributed by atoms with Gasteiger partial charge < -0.3 is 14.4 Å². The summed E-state index contributed by atoms with van der Waals surface area (Å²) >= 11 is 0. The van der Waals surface area contributed by atoms with Gasteiger partial charge in [0.1, 0.15) is 12.0 Å². The van der Waals surface area contributed by atoms with Gasteiger partial charge in [-0.3, -0.25) is 4.79 Å². The molecular weight excluding hydrogens is 278 g/mol. The van der Waals surface area contributed by atoms with Gasteiger partial charge in [0.25, 0.3) is 5.91 Å². The molecule has 0 radical (unpaired) electrons. The third-order valence-electron chi connectivity index (χ3n) is 3.21. The molecule has 0 N–H and O–H groups in total. The molecule has 22 heavy (non-hydrogen) atoms. The first-order valence-electron chi connectivity index (χ1n) is 7.16. The number of carbonyl (C=O) groups excluding carboxylic acids is 2. The van der Waals surface area contributed by atoms with Crippen molar-refractivity contribution < 1.29 is 14.3 Å². The van der Waals surface area contributed by atoms with E-state index in [1.165, 1.54) is 0 Å². The molecule has 0 aromatic heterocycles. The van der Waals surface area contributed by atoms with Crippen LogP contribution in [0.4, 0.5) is 0 Å². The van der Waals surface area contributed by atoms with E-state index in [4.69, 9.17) is 4.74 Å². The average Bonchev–Trinajstić information content (AvgIpc) is 2.56. The minimum absolute atomic E-state index is 0.0386. The summed E-state index contributed by atoms with van der Waals surface area (Å²) in [4.78, 5) is 24.3. The smallest absolute Gasteiger partial charge is 0.253 e. The number of hydrogen-bond acceptors (Lipinski definition) is 3. The Morgan fingerprint density at radius 2 is 1.77 bits per heavy atom. The highest BCUT2D eigenvalue weighted by Crippen LogP contribution is 2.14. The van der Waals surface area contributed by atoms with Gasteiger partial charge in [0.15, 0.2) is 0 Å². The average molecular weight is 297 g/mol. The standard InChI is InChI=1S/C18H19NO3/c1-19(14-15-6-3-2-4-7-15)18(21)16-8-10-17(11-9-16)22-13-5-12-20/h2-4,6-12H,5,13-14H2,1H3. The van der Waals surface area contributed by atoms with Crippen molar-refractivity contribution in [3.05, 3.63) is 65.7 Å². The van der Waals surface area contributed by atoms with Crippen molar-refractivity contribution in [1.29, 1.82) is 0 Å². The van der Waals surface area contributed by atoms with Crippen LogP contribution in [0.1, 0.15) is 22.3 Å². The van der Waals surface area contributed by atoms with Crippen LogP contribution in [-0.2, 0) is 11.3 Å². The highest BCUT2D eigenvalue weighted by Gasteiger charge is 2.11. The zero-order valence-electron chi connectivity index (χ0n) is 12.6. The summed E-state index contributed by atoms with van der Waals surface area (Å²) in [5.41, 5.74) is 1.70. The van der Waals surface area contributed by atoms with Gasteiger partial charge in [-0.15, -0.1) is 0 Å². The third-order valence-corrected chi connectivity index (χ3v) is 3.21. The number of nitrogens with zero attached hydrogens (tertiary/aromatic N) is 1. The van der Waals surface area contributed by atoms with Crippen molar-refractivity contribution >= 4 is 12.2 Å². The second kappa shape index (κ2) is 7.98. The van der Waals surface area contributed by atoms with Gasteiger partial charge in [0.2, 0.25) is 0 Å². The van der Waals surface area contributed by atoms with Crippen LogP contribution in [0.2, 0.25) is 0 Å². The van der Waals surface area contributed by atoms with Crippen LogP contribution in [0.5, 0.6) is 5.75 Å². The van der Waals surface area contributed by atoms with Crippen LogP contribution in [0.15, 0.2) is 54.6 Å². The number of aldehydes is 1. The van der Waals surface area contributed by atoms with Crippen molar-refractivity contribution in [2.24, 2.45) is 0 Å². The molecule has 2 aromatic rings. The Bertz CT molecular complexity index is 608. The Morgan fingerprint density at radius 3 is 2.41 bits per heavy atom. The number of ether oxygens (including phenoxy) is 1. The number of benzene rings is 2. The van der Waals surface area contributed by atoms with E-state index in [2.05, 4.69) is 0 Å². The van der Waals surface area contributed by atoms with E-state index in [0.717, 1.165) is 11.8 Å². The summed E-state index contributed by atoms with van der Waals surface area (Å²) in [5, 5.41) is 0. The van der Waals surface area contributed by atoms with Crippen molar-refractivity contribution in [2.75, 3.05) is 13.7 Å². The van der Waals surface area contributed by atoms with Crippen molar-refractivity contribution in [3.8, 4) is 5.75 Å². The van der Waals surface area contributed by atoms with E-state index in [-0.39, 0.29) is 5.91 Å². The molecule has 0 saturated heterocycles. The predicted molar refractivity (Wildman–Crippen MR) is 84.9 cm³/mol. The summed E-state index contributed by atoms with van der Waals surface area (Å²) in [7, 11) is 1.78. The lowest BCUT2D eigenvalue weighted by molar-refractivity contribution is -0.108. The van der Waals surface area contributed by atoms with Gasteiger partial charge in [0.05, 0.1) is 6.61 Å². The lowest BCUT2D eigenvalue weighted by Gasteiger charge is -2.17. The Morgan fingerprint density at radius 1 is 1.09 bits per heavy atom. The van der Waals surface area contributed by atoms with Gasteiger partial charge in [-0.05, 0) is 29.8 Å². The Balaban J connectivity index is 1.95. The van der Waals surface area contributed by atoms with Crippen LogP contribution in [0, 0.1) is 0 Å². The van der Waals surface area contributed by atoms with Gasteiger partial charge >= 0.3 is 0 Å². The van der Waals surface area contributed by atoms with Crippen LogP contribution in [0.3, 0.4) is 0 Å². The first-order valence-corrected chi connectivity index (χ1v) is 7.16. The molecule has 1 amide bonds. The SMILES string of the molecule is CN(Cc1ccccc1)C(=O)c1ccc(OCCC=O)cc1. The maximum Gasteiger partial charge on any atom is 0.253 e. The number of rotatable bonds is 7. The molecule has 4 nitrogen and oxygen atoms in total. The fraction of sp³-hybridized carbons (Fsp3) is 0.222. The monoisotopic (exact) mass is 297 g/mol. The fourth-order valence-electron chi connectivity index (χ4n) is 2.07. The van der Waals surface area contributed by atoms with Crippen LogP contribution in [0.25, 0.3) is 0 Å². The molecule has 0 fully saturated rings. The minimum atomic E-state index is -0.0386. The Kier molecular flexibility index (Phi) is 5.72. The van der Waals surface area contributed by atoms with E-state index in [9.17, 15) is 9.59 Å². The van der Waals surface area contributed by atoms with Crippen LogP contribution >= 0.6 is 0 Å². The molecule has 0 spiro atoms. The normalized spacial score (nSPS) is 10.0. The summed E-state index contributed by atoms with van der Waals surface area (Å²) < 4.78 is 5.38. The molecule has 114 valence electrons.